The number of nitrogens with one attached hydrogen (secondary N) is 1. The highest BCUT2D eigenvalue weighted by Crippen LogP contribution is 2.01. The molecular formula is C7H14BrF2NO. The van der Waals surface area contributed by atoms with Crippen molar-refractivity contribution in [2.75, 3.05) is 6.54 Å². The van der Waals surface area contributed by atoms with E-state index in [9.17, 15) is 13.6 Å². The van der Waals surface area contributed by atoms with Gasteiger partial charge in [0, 0.05) is 19.4 Å². The molecule has 0 aliphatic heterocycles. The van der Waals surface area contributed by atoms with Crippen LogP contribution in [-0.4, -0.2) is 18.9 Å². The lowest BCUT2D eigenvalue weighted by atomic mass is 10.3. The van der Waals surface area contributed by atoms with E-state index in [1.54, 1.807) is 0 Å². The fourth-order valence-corrected chi connectivity index (χ4v) is 0.593. The van der Waals surface area contributed by atoms with Crippen molar-refractivity contribution in [3.05, 3.63) is 0 Å². The summed E-state index contributed by atoms with van der Waals surface area (Å²) in [4.78, 5) is 10.7. The second-order valence-corrected chi connectivity index (χ2v) is 2.28. The monoisotopic (exact) mass is 245 g/mol. The van der Waals surface area contributed by atoms with Crippen molar-refractivity contribution in [2.45, 2.75) is 32.6 Å². The number of hydrogen-bond acceptors (Lipinski definition) is 1. The van der Waals surface area contributed by atoms with Crippen molar-refractivity contribution in [3.8, 4) is 0 Å². The zero-order chi connectivity index (χ0) is 8.69. The van der Waals surface area contributed by atoms with E-state index in [-0.39, 0.29) is 35.7 Å². The third-order valence-electron chi connectivity index (χ3n) is 1.16. The first-order chi connectivity index (χ1) is 5.16. The van der Waals surface area contributed by atoms with Gasteiger partial charge >= 0.3 is 0 Å². The fraction of sp³-hybridized carbons (Fsp3) is 0.857. The number of halogens is 3. The highest BCUT2D eigenvalue weighted by molar-refractivity contribution is 8.93. The molecule has 2 nitrogen and oxygen atoms in total. The van der Waals surface area contributed by atoms with Gasteiger partial charge in [-0.15, -0.1) is 17.0 Å². The summed E-state index contributed by atoms with van der Waals surface area (Å²) in [7, 11) is 0. The summed E-state index contributed by atoms with van der Waals surface area (Å²) in [6, 6.07) is 0. The Hall–Kier alpha value is -0.190. The van der Waals surface area contributed by atoms with Gasteiger partial charge in [0.1, 0.15) is 0 Å². The predicted octanol–water partition coefficient (Wildman–Crippen LogP) is 2.14. The zero-order valence-electron chi connectivity index (χ0n) is 6.98. The van der Waals surface area contributed by atoms with Crippen LogP contribution in [0.5, 0.6) is 0 Å². The lowest BCUT2D eigenvalue weighted by molar-refractivity contribution is -0.121. The molecule has 12 heavy (non-hydrogen) atoms. The lowest BCUT2D eigenvalue weighted by Crippen LogP contribution is -2.24. The molecule has 0 fully saturated rings. The third-order valence-corrected chi connectivity index (χ3v) is 1.16. The molecule has 74 valence electrons. The first kappa shape index (κ1) is 14.3. The third kappa shape index (κ3) is 9.81. The summed E-state index contributed by atoms with van der Waals surface area (Å²) in [6.45, 7) is 2.48. The summed E-state index contributed by atoms with van der Waals surface area (Å²) >= 11 is 0. The average Bonchev–Trinajstić information content (AvgIpc) is 1.97. The molecule has 1 N–H and O–H groups in total. The number of amides is 1. The quantitative estimate of drug-likeness (QED) is 0.791. The normalized spacial score (nSPS) is 9.33. The lowest BCUT2D eigenvalue weighted by Gasteiger charge is -2.01. The van der Waals surface area contributed by atoms with Gasteiger partial charge in [-0.05, 0) is 6.42 Å². The van der Waals surface area contributed by atoms with Crippen molar-refractivity contribution in [3.63, 3.8) is 0 Å². The zero-order valence-corrected chi connectivity index (χ0v) is 8.69. The summed E-state index contributed by atoms with van der Waals surface area (Å²) in [5.74, 6) is -0.285. The van der Waals surface area contributed by atoms with E-state index in [0.717, 1.165) is 6.42 Å². The van der Waals surface area contributed by atoms with Crippen molar-refractivity contribution < 1.29 is 13.6 Å². The average molecular weight is 246 g/mol. The molecular weight excluding hydrogens is 232 g/mol. The topological polar surface area (TPSA) is 29.1 Å². The van der Waals surface area contributed by atoms with Crippen LogP contribution in [-0.2, 0) is 4.79 Å². The van der Waals surface area contributed by atoms with Gasteiger partial charge in [-0.3, -0.25) is 4.79 Å². The molecule has 0 bridgehead atoms. The summed E-state index contributed by atoms with van der Waals surface area (Å²) < 4.78 is 23.1. The highest BCUT2D eigenvalue weighted by atomic mass is 79.9. The Morgan fingerprint density at radius 3 is 2.50 bits per heavy atom. The minimum atomic E-state index is -2.37. The number of carbonyl (C=O) groups is 1. The van der Waals surface area contributed by atoms with E-state index in [1.807, 2.05) is 6.92 Å². The molecule has 0 aliphatic carbocycles. The van der Waals surface area contributed by atoms with Crippen molar-refractivity contribution in [1.82, 2.24) is 5.32 Å². The van der Waals surface area contributed by atoms with E-state index >= 15 is 0 Å². The van der Waals surface area contributed by atoms with Crippen LogP contribution < -0.4 is 5.32 Å². The van der Waals surface area contributed by atoms with Gasteiger partial charge in [-0.25, -0.2) is 8.78 Å². The standard InChI is InChI=1S/C7H13F2NO.BrH/c1-2-5-10-7(11)4-3-6(8)9;/h6H,2-5H2,1H3,(H,10,11);1H. The van der Waals surface area contributed by atoms with Crippen LogP contribution in [0.25, 0.3) is 0 Å². The number of alkyl halides is 2. The Labute approximate surface area is 81.5 Å². The maximum absolute atomic E-state index is 11.5. The Kier molecular flexibility index (Phi) is 10.6. The molecule has 0 saturated carbocycles. The van der Waals surface area contributed by atoms with Crippen LogP contribution in [0.3, 0.4) is 0 Å². The van der Waals surface area contributed by atoms with E-state index in [1.165, 1.54) is 0 Å². The summed E-state index contributed by atoms with van der Waals surface area (Å²) in [5, 5.41) is 2.52. The number of carbonyl (C=O) groups excluding carboxylic acids is 1. The molecule has 0 atom stereocenters. The highest BCUT2D eigenvalue weighted by Gasteiger charge is 2.06. The van der Waals surface area contributed by atoms with E-state index < -0.39 is 6.43 Å². The second kappa shape index (κ2) is 8.90. The van der Waals surface area contributed by atoms with E-state index in [0.29, 0.717) is 6.54 Å². The van der Waals surface area contributed by atoms with Crippen molar-refractivity contribution in [2.24, 2.45) is 0 Å². The SMILES string of the molecule is Br.CCCNC(=O)CCC(F)F. The molecule has 0 aliphatic rings. The fourth-order valence-electron chi connectivity index (χ4n) is 0.593. The molecule has 0 unspecified atom stereocenters. The van der Waals surface area contributed by atoms with E-state index in [4.69, 9.17) is 0 Å². The predicted molar refractivity (Wildman–Crippen MR) is 48.9 cm³/mol. The molecule has 1 amide bonds. The minimum absolute atomic E-state index is 0. The first-order valence-corrected chi connectivity index (χ1v) is 3.71. The van der Waals surface area contributed by atoms with Crippen LogP contribution in [0.4, 0.5) is 8.78 Å². The maximum atomic E-state index is 11.5. The van der Waals surface area contributed by atoms with Crippen LogP contribution >= 0.6 is 17.0 Å². The first-order valence-electron chi connectivity index (χ1n) is 3.71. The Morgan fingerprint density at radius 2 is 2.08 bits per heavy atom. The molecule has 0 heterocycles. The van der Waals surface area contributed by atoms with E-state index in [2.05, 4.69) is 5.32 Å². The van der Waals surface area contributed by atoms with Crippen LogP contribution in [0, 0.1) is 0 Å². The summed E-state index contributed by atoms with van der Waals surface area (Å²) in [5.41, 5.74) is 0. The van der Waals surface area contributed by atoms with Gasteiger partial charge in [-0.1, -0.05) is 6.92 Å². The molecule has 0 spiro atoms. The summed E-state index contributed by atoms with van der Waals surface area (Å²) in [6.07, 6.45) is -1.95. The number of hydrogen-bond donors (Lipinski definition) is 1. The molecule has 0 aromatic rings. The van der Waals surface area contributed by atoms with Gasteiger partial charge < -0.3 is 5.32 Å². The maximum Gasteiger partial charge on any atom is 0.239 e. The van der Waals surface area contributed by atoms with Gasteiger partial charge in [0.2, 0.25) is 12.3 Å². The molecule has 5 heteroatoms. The molecule has 0 saturated heterocycles. The Bertz CT molecular complexity index is 122. The Morgan fingerprint density at radius 1 is 1.50 bits per heavy atom. The van der Waals surface area contributed by atoms with Crippen molar-refractivity contribution in [1.29, 1.82) is 0 Å². The van der Waals surface area contributed by atoms with Crippen LogP contribution in [0.15, 0.2) is 0 Å². The second-order valence-electron chi connectivity index (χ2n) is 2.28. The molecule has 0 rings (SSSR count). The Balaban J connectivity index is 0. The molecule has 0 radical (unpaired) electrons. The number of rotatable bonds is 5. The molecule has 0 aromatic heterocycles. The van der Waals surface area contributed by atoms with Gasteiger partial charge in [0.25, 0.3) is 0 Å². The minimum Gasteiger partial charge on any atom is -0.356 e. The van der Waals surface area contributed by atoms with Crippen LogP contribution in [0.1, 0.15) is 26.2 Å². The van der Waals surface area contributed by atoms with Crippen molar-refractivity contribution >= 4 is 22.9 Å². The van der Waals surface area contributed by atoms with Crippen LogP contribution in [0.2, 0.25) is 0 Å². The van der Waals surface area contributed by atoms with Gasteiger partial charge in [0.15, 0.2) is 0 Å². The smallest absolute Gasteiger partial charge is 0.239 e. The van der Waals surface area contributed by atoms with Gasteiger partial charge in [-0.2, -0.15) is 0 Å². The van der Waals surface area contributed by atoms with Gasteiger partial charge in [0.05, 0.1) is 0 Å². The molecule has 0 aromatic carbocycles. The largest absolute Gasteiger partial charge is 0.356 e.